The maximum atomic E-state index is 5.68. The molecule has 0 amide bonds. The maximum Gasteiger partial charge on any atom is 0.0497 e. The number of aryl methyl sites for hydroxylation is 3. The largest absolute Gasteiger partial charge is 0.354 e. The van der Waals surface area contributed by atoms with Crippen LogP contribution in [0.15, 0.2) is 36.4 Å². The summed E-state index contributed by atoms with van der Waals surface area (Å²) in [5.74, 6) is 0. The summed E-state index contributed by atoms with van der Waals surface area (Å²) in [4.78, 5) is 3.65. The highest BCUT2D eigenvalue weighted by atomic mass is 127. The van der Waals surface area contributed by atoms with Gasteiger partial charge >= 0.3 is 0 Å². The minimum atomic E-state index is 0.763. The number of unbranched alkanes of at least 4 members (excludes halogenated alkanes) is 1. The normalized spacial score (nSPS) is 11.3. The Morgan fingerprint density at radius 3 is 2.43 bits per heavy atom. The number of nitrogens with one attached hydrogen (secondary N) is 1. The monoisotopic (exact) mass is 418 g/mol. The molecule has 3 rings (SSSR count). The van der Waals surface area contributed by atoms with E-state index in [2.05, 4.69) is 77.8 Å². The number of H-pyrrole nitrogens is 1. The number of nitrogens with two attached hydrogens (primary N) is 1. The van der Waals surface area contributed by atoms with E-state index in [1.54, 1.807) is 0 Å². The molecule has 0 fully saturated rings. The molecule has 0 unspecified atom stereocenters. The molecule has 3 heteroatoms. The number of halogens is 1. The second kappa shape index (κ2) is 7.05. The molecule has 3 aromatic rings. The predicted molar refractivity (Wildman–Crippen MR) is 108 cm³/mol. The quantitative estimate of drug-likeness (QED) is 0.427. The van der Waals surface area contributed by atoms with Gasteiger partial charge < -0.3 is 10.7 Å². The van der Waals surface area contributed by atoms with Gasteiger partial charge in [-0.15, -0.1) is 0 Å². The van der Waals surface area contributed by atoms with Crippen molar-refractivity contribution < 1.29 is 0 Å². The van der Waals surface area contributed by atoms with Gasteiger partial charge in [0.2, 0.25) is 0 Å². The second-order valence-corrected chi connectivity index (χ2v) is 7.54. The lowest BCUT2D eigenvalue weighted by Crippen LogP contribution is -1.99. The second-order valence-electron chi connectivity index (χ2n) is 6.29. The van der Waals surface area contributed by atoms with Crippen LogP contribution in [0.2, 0.25) is 0 Å². The van der Waals surface area contributed by atoms with Gasteiger partial charge in [0.05, 0.1) is 0 Å². The number of benzene rings is 2. The Morgan fingerprint density at radius 1 is 1.00 bits per heavy atom. The van der Waals surface area contributed by atoms with Gasteiger partial charge in [0.25, 0.3) is 0 Å². The lowest BCUT2D eigenvalue weighted by molar-refractivity contribution is 0.748. The van der Waals surface area contributed by atoms with Crippen LogP contribution in [0.5, 0.6) is 0 Å². The number of hydrogen-bond donors (Lipinski definition) is 2. The molecule has 0 saturated carbocycles. The van der Waals surface area contributed by atoms with E-state index >= 15 is 0 Å². The van der Waals surface area contributed by atoms with Crippen molar-refractivity contribution in [3.05, 3.63) is 56.7 Å². The molecular weight excluding hydrogens is 395 g/mol. The Labute approximate surface area is 151 Å². The van der Waals surface area contributed by atoms with Gasteiger partial charge in [-0.3, -0.25) is 0 Å². The third kappa shape index (κ3) is 3.61. The Kier molecular flexibility index (Phi) is 5.07. The lowest BCUT2D eigenvalue weighted by Gasteiger charge is -2.08. The first-order valence-electron chi connectivity index (χ1n) is 8.17. The van der Waals surface area contributed by atoms with Crippen LogP contribution >= 0.6 is 22.6 Å². The lowest BCUT2D eigenvalue weighted by atomic mass is 9.98. The molecule has 1 aromatic heterocycles. The zero-order valence-electron chi connectivity index (χ0n) is 13.7. The summed E-state index contributed by atoms with van der Waals surface area (Å²) in [5.41, 5.74) is 13.5. The van der Waals surface area contributed by atoms with E-state index in [0.29, 0.717) is 0 Å². The fourth-order valence-corrected chi connectivity index (χ4v) is 3.78. The fourth-order valence-electron chi connectivity index (χ4n) is 3.29. The van der Waals surface area contributed by atoms with Gasteiger partial charge in [0, 0.05) is 20.2 Å². The molecule has 120 valence electrons. The van der Waals surface area contributed by atoms with E-state index in [-0.39, 0.29) is 0 Å². The van der Waals surface area contributed by atoms with Gasteiger partial charge in [0.15, 0.2) is 0 Å². The third-order valence-electron chi connectivity index (χ3n) is 4.26. The summed E-state index contributed by atoms with van der Waals surface area (Å²) in [6, 6.07) is 13.4. The molecule has 3 N–H and O–H groups in total. The first-order chi connectivity index (χ1) is 11.1. The van der Waals surface area contributed by atoms with Gasteiger partial charge in [-0.05, 0) is 104 Å². The third-order valence-corrected chi connectivity index (χ3v) is 4.93. The number of hydrogen-bond acceptors (Lipinski definition) is 1. The summed E-state index contributed by atoms with van der Waals surface area (Å²) in [6.07, 6.45) is 3.27. The Bertz CT molecular complexity index is 813. The van der Waals surface area contributed by atoms with Crippen molar-refractivity contribution >= 4 is 33.5 Å². The van der Waals surface area contributed by atoms with E-state index in [1.165, 1.54) is 42.4 Å². The summed E-state index contributed by atoms with van der Waals surface area (Å²) in [7, 11) is 0. The van der Waals surface area contributed by atoms with Crippen LogP contribution < -0.4 is 5.73 Å². The molecule has 0 aliphatic carbocycles. The highest BCUT2D eigenvalue weighted by Gasteiger charge is 2.14. The molecule has 0 radical (unpaired) electrons. The molecule has 0 aliphatic heterocycles. The summed E-state index contributed by atoms with van der Waals surface area (Å²) < 4.78 is 1.28. The Morgan fingerprint density at radius 2 is 1.74 bits per heavy atom. The summed E-state index contributed by atoms with van der Waals surface area (Å²) in [6.45, 7) is 5.09. The van der Waals surface area contributed by atoms with E-state index in [0.717, 1.165) is 25.8 Å². The maximum absolute atomic E-state index is 5.68. The molecule has 2 aromatic carbocycles. The summed E-state index contributed by atoms with van der Waals surface area (Å²) in [5, 5.41) is 1.35. The van der Waals surface area contributed by atoms with Crippen LogP contribution in [0.1, 0.15) is 29.5 Å². The number of rotatable bonds is 5. The zero-order valence-corrected chi connectivity index (χ0v) is 15.9. The highest BCUT2D eigenvalue weighted by molar-refractivity contribution is 14.1. The van der Waals surface area contributed by atoms with Gasteiger partial charge in [-0.2, -0.15) is 0 Å². The van der Waals surface area contributed by atoms with Crippen molar-refractivity contribution in [2.75, 3.05) is 6.54 Å². The average Bonchev–Trinajstić information content (AvgIpc) is 2.85. The molecular formula is C20H23IN2. The minimum absolute atomic E-state index is 0.763. The molecule has 2 nitrogen and oxygen atoms in total. The van der Waals surface area contributed by atoms with Crippen LogP contribution in [0.25, 0.3) is 22.2 Å². The first kappa shape index (κ1) is 16.5. The predicted octanol–water partition coefficient (Wildman–Crippen LogP) is 5.34. The number of fused-ring (bicyclic) bond motifs is 1. The molecule has 0 bridgehead atoms. The zero-order chi connectivity index (χ0) is 16.4. The van der Waals surface area contributed by atoms with Crippen molar-refractivity contribution in [3.63, 3.8) is 0 Å². The van der Waals surface area contributed by atoms with Gasteiger partial charge in [-0.1, -0.05) is 17.2 Å². The van der Waals surface area contributed by atoms with E-state index in [9.17, 15) is 0 Å². The van der Waals surface area contributed by atoms with Crippen molar-refractivity contribution in [1.29, 1.82) is 0 Å². The number of aromatic nitrogens is 1. The SMILES string of the molecule is Cc1cc(C)cc(-c2[nH]c3ccc(I)cc3c2CCCCN)c1. The van der Waals surface area contributed by atoms with Crippen LogP contribution in [-0.4, -0.2) is 11.5 Å². The molecule has 0 aliphatic rings. The minimum Gasteiger partial charge on any atom is -0.354 e. The van der Waals surface area contributed by atoms with E-state index < -0.39 is 0 Å². The smallest absolute Gasteiger partial charge is 0.0497 e. The van der Waals surface area contributed by atoms with E-state index in [4.69, 9.17) is 5.73 Å². The van der Waals surface area contributed by atoms with Crippen LogP contribution in [-0.2, 0) is 6.42 Å². The van der Waals surface area contributed by atoms with Crippen molar-refractivity contribution in [2.24, 2.45) is 5.73 Å². The molecule has 1 heterocycles. The van der Waals surface area contributed by atoms with Crippen LogP contribution in [0.4, 0.5) is 0 Å². The van der Waals surface area contributed by atoms with Crippen molar-refractivity contribution in [1.82, 2.24) is 4.98 Å². The van der Waals surface area contributed by atoms with Crippen molar-refractivity contribution in [2.45, 2.75) is 33.1 Å². The summed E-state index contributed by atoms with van der Waals surface area (Å²) >= 11 is 2.39. The van der Waals surface area contributed by atoms with Crippen LogP contribution in [0.3, 0.4) is 0 Å². The van der Waals surface area contributed by atoms with Crippen molar-refractivity contribution in [3.8, 4) is 11.3 Å². The van der Waals surface area contributed by atoms with Gasteiger partial charge in [-0.25, -0.2) is 0 Å². The standard InChI is InChI=1S/C20H23IN2/c1-13-9-14(2)11-15(10-13)20-17(5-3-4-8-22)18-12-16(21)6-7-19(18)23-20/h6-7,9-12,23H,3-5,8,22H2,1-2H3. The molecule has 0 atom stereocenters. The Hall–Kier alpha value is -1.33. The highest BCUT2D eigenvalue weighted by Crippen LogP contribution is 2.33. The molecule has 23 heavy (non-hydrogen) atoms. The Balaban J connectivity index is 2.15. The fraction of sp³-hybridized carbons (Fsp3) is 0.300. The number of aromatic amines is 1. The van der Waals surface area contributed by atoms with E-state index in [1.807, 2.05) is 0 Å². The molecule has 0 saturated heterocycles. The first-order valence-corrected chi connectivity index (χ1v) is 9.25. The van der Waals surface area contributed by atoms with Crippen LogP contribution in [0, 0.1) is 17.4 Å². The average molecular weight is 418 g/mol. The van der Waals surface area contributed by atoms with Gasteiger partial charge in [0.1, 0.15) is 0 Å². The molecule has 0 spiro atoms. The topological polar surface area (TPSA) is 41.8 Å².